The van der Waals surface area contributed by atoms with Gasteiger partial charge in [-0.3, -0.25) is 0 Å². The van der Waals surface area contributed by atoms with Gasteiger partial charge >= 0.3 is 0 Å². The first-order chi connectivity index (χ1) is 8.74. The minimum absolute atomic E-state index is 0.388. The number of ether oxygens (including phenoxy) is 2. The molecule has 5 nitrogen and oxygen atoms in total. The summed E-state index contributed by atoms with van der Waals surface area (Å²) in [5.74, 6) is 2.34. The van der Waals surface area contributed by atoms with E-state index in [0.29, 0.717) is 6.61 Å². The maximum atomic E-state index is 5.70. The molecule has 0 amide bonds. The van der Waals surface area contributed by atoms with Gasteiger partial charge in [0.25, 0.3) is 0 Å². The van der Waals surface area contributed by atoms with E-state index in [-0.39, 0.29) is 0 Å². The molecule has 0 N–H and O–H groups in total. The molecule has 0 atom stereocenters. The molecule has 0 aliphatic heterocycles. The summed E-state index contributed by atoms with van der Waals surface area (Å²) in [6, 6.07) is 5.57. The molecule has 1 aromatic carbocycles. The van der Waals surface area contributed by atoms with E-state index in [1.165, 1.54) is 6.33 Å². The van der Waals surface area contributed by atoms with Gasteiger partial charge in [0.05, 0.1) is 11.6 Å². The smallest absolute Gasteiger partial charge is 0.164 e. The van der Waals surface area contributed by atoms with Crippen LogP contribution in [0.4, 0.5) is 0 Å². The molecule has 2 aromatic rings. The first kappa shape index (κ1) is 12.9. The second-order valence-electron chi connectivity index (χ2n) is 3.58. The third kappa shape index (κ3) is 2.81. The predicted octanol–water partition coefficient (Wildman–Crippen LogP) is 2.65. The number of nitrogens with zero attached hydrogens (tertiary/aromatic N) is 3. The molecule has 96 valence electrons. The van der Waals surface area contributed by atoms with E-state index < -0.39 is 0 Å². The van der Waals surface area contributed by atoms with Crippen LogP contribution >= 0.6 is 15.9 Å². The zero-order chi connectivity index (χ0) is 13.0. The molecule has 0 spiro atoms. The SMILES string of the molecule is CCn1ncnc1COc1ccc(OC)cc1Br. The molecule has 1 heterocycles. The lowest BCUT2D eigenvalue weighted by Gasteiger charge is -2.09. The number of hydrogen-bond acceptors (Lipinski definition) is 4. The van der Waals surface area contributed by atoms with Crippen LogP contribution in [0.1, 0.15) is 12.7 Å². The van der Waals surface area contributed by atoms with Gasteiger partial charge in [0.15, 0.2) is 5.82 Å². The van der Waals surface area contributed by atoms with E-state index in [2.05, 4.69) is 26.0 Å². The lowest BCUT2D eigenvalue weighted by Crippen LogP contribution is -2.07. The Morgan fingerprint density at radius 1 is 1.39 bits per heavy atom. The van der Waals surface area contributed by atoms with Crippen LogP contribution in [0.25, 0.3) is 0 Å². The van der Waals surface area contributed by atoms with Crippen LogP contribution in [0.5, 0.6) is 11.5 Å². The van der Waals surface area contributed by atoms with E-state index >= 15 is 0 Å². The zero-order valence-corrected chi connectivity index (χ0v) is 11.8. The zero-order valence-electron chi connectivity index (χ0n) is 10.3. The fraction of sp³-hybridized carbons (Fsp3) is 0.333. The minimum atomic E-state index is 0.388. The third-order valence-corrected chi connectivity index (χ3v) is 3.11. The summed E-state index contributed by atoms with van der Waals surface area (Å²) in [6.45, 7) is 3.18. The summed E-state index contributed by atoms with van der Waals surface area (Å²) in [6.07, 6.45) is 1.53. The first-order valence-electron chi connectivity index (χ1n) is 5.57. The summed E-state index contributed by atoms with van der Waals surface area (Å²) in [5.41, 5.74) is 0. The van der Waals surface area contributed by atoms with Gasteiger partial charge in [-0.05, 0) is 41.1 Å². The van der Waals surface area contributed by atoms with Crippen LogP contribution in [0.15, 0.2) is 29.0 Å². The highest BCUT2D eigenvalue weighted by molar-refractivity contribution is 9.10. The lowest BCUT2D eigenvalue weighted by molar-refractivity contribution is 0.285. The van der Waals surface area contributed by atoms with Gasteiger partial charge in [0, 0.05) is 6.54 Å². The van der Waals surface area contributed by atoms with E-state index in [1.54, 1.807) is 11.8 Å². The van der Waals surface area contributed by atoms with Crippen LogP contribution in [0.2, 0.25) is 0 Å². The standard InChI is InChI=1S/C12H14BrN3O2/c1-3-16-12(14-8-15-16)7-18-11-5-4-9(17-2)6-10(11)13/h4-6,8H,3,7H2,1-2H3. The Hall–Kier alpha value is -1.56. The number of hydrogen-bond donors (Lipinski definition) is 0. The number of benzene rings is 1. The van der Waals surface area contributed by atoms with Gasteiger partial charge in [-0.2, -0.15) is 5.10 Å². The monoisotopic (exact) mass is 311 g/mol. The number of aromatic nitrogens is 3. The van der Waals surface area contributed by atoms with Crippen molar-refractivity contribution in [2.45, 2.75) is 20.1 Å². The van der Waals surface area contributed by atoms with Gasteiger partial charge in [-0.25, -0.2) is 9.67 Å². The molecule has 0 unspecified atom stereocenters. The lowest BCUT2D eigenvalue weighted by atomic mass is 10.3. The quantitative estimate of drug-likeness (QED) is 0.851. The Morgan fingerprint density at radius 3 is 2.89 bits per heavy atom. The fourth-order valence-corrected chi connectivity index (χ4v) is 2.00. The second kappa shape index (κ2) is 5.86. The Kier molecular flexibility index (Phi) is 4.19. The summed E-state index contributed by atoms with van der Waals surface area (Å²) < 4.78 is 13.5. The van der Waals surface area contributed by atoms with Crippen molar-refractivity contribution in [3.8, 4) is 11.5 Å². The van der Waals surface area contributed by atoms with Crippen LogP contribution in [0, 0.1) is 0 Å². The maximum Gasteiger partial charge on any atom is 0.164 e. The van der Waals surface area contributed by atoms with Crippen molar-refractivity contribution >= 4 is 15.9 Å². The molecule has 0 radical (unpaired) electrons. The van der Waals surface area contributed by atoms with E-state index in [9.17, 15) is 0 Å². The van der Waals surface area contributed by atoms with Crippen LogP contribution in [0.3, 0.4) is 0 Å². The highest BCUT2D eigenvalue weighted by Gasteiger charge is 2.06. The van der Waals surface area contributed by atoms with Crippen molar-refractivity contribution in [3.63, 3.8) is 0 Å². The van der Waals surface area contributed by atoms with Crippen LogP contribution in [-0.2, 0) is 13.2 Å². The molecule has 0 aliphatic rings. The molecular formula is C12H14BrN3O2. The predicted molar refractivity (Wildman–Crippen MR) is 70.7 cm³/mol. The summed E-state index contributed by atoms with van der Waals surface area (Å²) in [4.78, 5) is 4.15. The Labute approximate surface area is 114 Å². The van der Waals surface area contributed by atoms with Gasteiger partial charge in [0.1, 0.15) is 24.4 Å². The highest BCUT2D eigenvalue weighted by Crippen LogP contribution is 2.29. The summed E-state index contributed by atoms with van der Waals surface area (Å²) in [5, 5.41) is 4.09. The Morgan fingerprint density at radius 2 is 2.22 bits per heavy atom. The van der Waals surface area contributed by atoms with Crippen molar-refractivity contribution in [1.29, 1.82) is 0 Å². The average molecular weight is 312 g/mol. The average Bonchev–Trinajstić information content (AvgIpc) is 2.84. The fourth-order valence-electron chi connectivity index (χ4n) is 1.53. The van der Waals surface area contributed by atoms with Gasteiger partial charge < -0.3 is 9.47 Å². The minimum Gasteiger partial charge on any atom is -0.497 e. The van der Waals surface area contributed by atoms with E-state index in [4.69, 9.17) is 9.47 Å². The third-order valence-electron chi connectivity index (χ3n) is 2.49. The normalized spacial score (nSPS) is 10.4. The topological polar surface area (TPSA) is 49.2 Å². The second-order valence-corrected chi connectivity index (χ2v) is 4.43. The van der Waals surface area contributed by atoms with Crippen molar-refractivity contribution in [2.24, 2.45) is 0 Å². The maximum absolute atomic E-state index is 5.70. The van der Waals surface area contributed by atoms with Crippen molar-refractivity contribution < 1.29 is 9.47 Å². The molecule has 0 saturated carbocycles. The van der Waals surface area contributed by atoms with Crippen LogP contribution < -0.4 is 9.47 Å². The molecule has 0 bridgehead atoms. The number of rotatable bonds is 5. The molecule has 2 rings (SSSR count). The largest absolute Gasteiger partial charge is 0.497 e. The summed E-state index contributed by atoms with van der Waals surface area (Å²) >= 11 is 3.44. The number of aryl methyl sites for hydroxylation is 1. The van der Waals surface area contributed by atoms with Crippen molar-refractivity contribution in [3.05, 3.63) is 34.8 Å². The molecule has 0 aliphatic carbocycles. The molecule has 18 heavy (non-hydrogen) atoms. The summed E-state index contributed by atoms with van der Waals surface area (Å²) in [7, 11) is 1.63. The first-order valence-corrected chi connectivity index (χ1v) is 6.37. The molecule has 0 fully saturated rings. The molecule has 6 heteroatoms. The number of methoxy groups -OCH3 is 1. The van der Waals surface area contributed by atoms with Crippen molar-refractivity contribution in [2.75, 3.05) is 7.11 Å². The molecule has 1 aromatic heterocycles. The van der Waals surface area contributed by atoms with Gasteiger partial charge in [-0.1, -0.05) is 0 Å². The highest BCUT2D eigenvalue weighted by atomic mass is 79.9. The Bertz CT molecular complexity index is 528. The molecular weight excluding hydrogens is 298 g/mol. The van der Waals surface area contributed by atoms with Crippen LogP contribution in [-0.4, -0.2) is 21.9 Å². The van der Waals surface area contributed by atoms with E-state index in [0.717, 1.165) is 28.3 Å². The number of halogens is 1. The van der Waals surface area contributed by atoms with Crippen molar-refractivity contribution in [1.82, 2.24) is 14.8 Å². The van der Waals surface area contributed by atoms with E-state index in [1.807, 2.05) is 25.1 Å². The Balaban J connectivity index is 2.06. The van der Waals surface area contributed by atoms with Gasteiger partial charge in [0.2, 0.25) is 0 Å². The van der Waals surface area contributed by atoms with Gasteiger partial charge in [-0.15, -0.1) is 0 Å². The molecule has 0 saturated heterocycles.